The minimum atomic E-state index is -1.42. The maximum absolute atomic E-state index is 11.9. The molecule has 0 aromatic carbocycles. The summed E-state index contributed by atoms with van der Waals surface area (Å²) in [7, 11) is 1.50. The van der Waals surface area contributed by atoms with Crippen LogP contribution in [0, 0.1) is 11.3 Å². The molecule has 5 heteroatoms. The van der Waals surface area contributed by atoms with Gasteiger partial charge in [-0.1, -0.05) is 6.92 Å². The van der Waals surface area contributed by atoms with Gasteiger partial charge in [0.1, 0.15) is 5.41 Å². The van der Waals surface area contributed by atoms with Crippen LogP contribution in [0.25, 0.3) is 0 Å². The predicted molar refractivity (Wildman–Crippen MR) is 57.9 cm³/mol. The number of carboxylic acids is 1. The predicted octanol–water partition coefficient (Wildman–Crippen LogP) is 0.638. The van der Waals surface area contributed by atoms with E-state index in [0.29, 0.717) is 0 Å². The second-order valence-corrected chi connectivity index (χ2v) is 4.61. The van der Waals surface area contributed by atoms with Crippen LogP contribution in [0.5, 0.6) is 0 Å². The quantitative estimate of drug-likeness (QED) is 0.655. The zero-order valence-electron chi connectivity index (χ0n) is 9.95. The van der Waals surface area contributed by atoms with Crippen molar-refractivity contribution in [2.24, 2.45) is 11.3 Å². The Morgan fingerprint density at radius 3 is 2.50 bits per heavy atom. The van der Waals surface area contributed by atoms with Gasteiger partial charge in [0.25, 0.3) is 0 Å². The second kappa shape index (κ2) is 4.82. The van der Waals surface area contributed by atoms with Crippen molar-refractivity contribution < 1.29 is 19.4 Å². The van der Waals surface area contributed by atoms with Gasteiger partial charge >= 0.3 is 5.97 Å². The molecule has 1 saturated carbocycles. The average molecular weight is 229 g/mol. The number of hydrogen-bond donors (Lipinski definition) is 2. The van der Waals surface area contributed by atoms with Crippen LogP contribution in [0.2, 0.25) is 0 Å². The summed E-state index contributed by atoms with van der Waals surface area (Å²) in [5.74, 6) is -1.88. The minimum absolute atomic E-state index is 0.168. The normalized spacial score (nSPS) is 20.9. The lowest BCUT2D eigenvalue weighted by Gasteiger charge is -2.29. The van der Waals surface area contributed by atoms with Gasteiger partial charge < -0.3 is 15.2 Å². The number of aliphatic carboxylic acids is 1. The van der Waals surface area contributed by atoms with E-state index in [0.717, 1.165) is 12.8 Å². The molecule has 0 bridgehead atoms. The lowest BCUT2D eigenvalue weighted by Crippen LogP contribution is -2.50. The summed E-state index contributed by atoms with van der Waals surface area (Å²) in [6.07, 6.45) is 1.89. The van der Waals surface area contributed by atoms with E-state index in [9.17, 15) is 14.7 Å². The third kappa shape index (κ3) is 2.52. The van der Waals surface area contributed by atoms with E-state index >= 15 is 0 Å². The van der Waals surface area contributed by atoms with Crippen LogP contribution >= 0.6 is 0 Å². The number of methoxy groups -OCH3 is 1. The van der Waals surface area contributed by atoms with Crippen LogP contribution in [0.4, 0.5) is 0 Å². The first-order chi connectivity index (χ1) is 7.42. The number of rotatable bonds is 6. The molecule has 0 radical (unpaired) electrons. The summed E-state index contributed by atoms with van der Waals surface area (Å²) >= 11 is 0. The highest BCUT2D eigenvalue weighted by molar-refractivity contribution is 6.02. The highest BCUT2D eigenvalue weighted by atomic mass is 16.5. The minimum Gasteiger partial charge on any atom is -0.480 e. The molecule has 1 aliphatic carbocycles. The fourth-order valence-corrected chi connectivity index (χ4v) is 1.51. The topological polar surface area (TPSA) is 75.6 Å². The van der Waals surface area contributed by atoms with Crippen molar-refractivity contribution in [1.29, 1.82) is 0 Å². The van der Waals surface area contributed by atoms with Crippen molar-refractivity contribution in [3.05, 3.63) is 0 Å². The van der Waals surface area contributed by atoms with Gasteiger partial charge in [-0.25, -0.2) is 0 Å². The fourth-order valence-electron chi connectivity index (χ4n) is 1.51. The van der Waals surface area contributed by atoms with E-state index in [1.807, 2.05) is 0 Å². The van der Waals surface area contributed by atoms with Crippen molar-refractivity contribution in [1.82, 2.24) is 5.32 Å². The molecule has 5 nitrogen and oxygen atoms in total. The molecule has 1 amide bonds. The number of ether oxygens (including phenoxy) is 1. The Labute approximate surface area is 95.2 Å². The van der Waals surface area contributed by atoms with Crippen molar-refractivity contribution in [3.63, 3.8) is 0 Å². The lowest BCUT2D eigenvalue weighted by atomic mass is 9.77. The monoisotopic (exact) mass is 229 g/mol. The molecule has 1 rings (SSSR count). The van der Waals surface area contributed by atoms with Gasteiger partial charge in [0, 0.05) is 19.1 Å². The summed E-state index contributed by atoms with van der Waals surface area (Å²) in [6.45, 7) is 3.42. The van der Waals surface area contributed by atoms with Gasteiger partial charge in [-0.15, -0.1) is 0 Å². The molecule has 0 spiro atoms. The lowest BCUT2D eigenvalue weighted by molar-refractivity contribution is -0.159. The van der Waals surface area contributed by atoms with Gasteiger partial charge in [0.15, 0.2) is 0 Å². The van der Waals surface area contributed by atoms with Crippen LogP contribution in [0.15, 0.2) is 0 Å². The Balaban J connectivity index is 2.76. The van der Waals surface area contributed by atoms with E-state index in [2.05, 4.69) is 5.32 Å². The Hall–Kier alpha value is -1.10. The van der Waals surface area contributed by atoms with E-state index < -0.39 is 17.3 Å². The molecule has 0 saturated heterocycles. The molecule has 0 aromatic heterocycles. The molecule has 0 aromatic rings. The SMILES string of the molecule is COCC(C)C(C)(C(=O)O)C(=O)NC1CC1. The molecule has 1 aliphatic rings. The van der Waals surface area contributed by atoms with Crippen LogP contribution in [-0.2, 0) is 14.3 Å². The van der Waals surface area contributed by atoms with E-state index in [-0.39, 0.29) is 18.6 Å². The molecule has 1 fully saturated rings. The van der Waals surface area contributed by atoms with E-state index in [1.54, 1.807) is 6.92 Å². The number of amides is 1. The Morgan fingerprint density at radius 1 is 1.56 bits per heavy atom. The summed E-state index contributed by atoms with van der Waals surface area (Å²) < 4.78 is 4.93. The second-order valence-electron chi connectivity index (χ2n) is 4.61. The molecule has 0 aliphatic heterocycles. The molecule has 2 unspecified atom stereocenters. The largest absolute Gasteiger partial charge is 0.480 e. The molecule has 16 heavy (non-hydrogen) atoms. The van der Waals surface area contributed by atoms with E-state index in [1.165, 1.54) is 14.0 Å². The van der Waals surface area contributed by atoms with Gasteiger partial charge in [-0.05, 0) is 19.8 Å². The van der Waals surface area contributed by atoms with Gasteiger partial charge in [-0.3, -0.25) is 9.59 Å². The number of carboxylic acid groups (broad SMARTS) is 1. The van der Waals surface area contributed by atoms with Gasteiger partial charge in [-0.2, -0.15) is 0 Å². The molecule has 92 valence electrons. The average Bonchev–Trinajstić information content (AvgIpc) is 3.00. The maximum atomic E-state index is 11.9. The smallest absolute Gasteiger partial charge is 0.319 e. The van der Waals surface area contributed by atoms with Crippen LogP contribution in [0.3, 0.4) is 0 Å². The Bertz CT molecular complexity index is 288. The summed E-state index contributed by atoms with van der Waals surface area (Å²) in [6, 6.07) is 0.168. The molecular formula is C11H19NO4. The Kier molecular flexibility index (Phi) is 3.91. The number of carbonyl (C=O) groups is 2. The van der Waals surface area contributed by atoms with Crippen LogP contribution in [0.1, 0.15) is 26.7 Å². The zero-order chi connectivity index (χ0) is 12.3. The van der Waals surface area contributed by atoms with Crippen molar-refractivity contribution in [3.8, 4) is 0 Å². The molecular weight excluding hydrogens is 210 g/mol. The molecule has 2 atom stereocenters. The van der Waals surface area contributed by atoms with Crippen LogP contribution < -0.4 is 5.32 Å². The van der Waals surface area contributed by atoms with E-state index in [4.69, 9.17) is 4.74 Å². The van der Waals surface area contributed by atoms with Crippen molar-refractivity contribution in [2.45, 2.75) is 32.7 Å². The summed E-state index contributed by atoms with van der Waals surface area (Å²) in [5, 5.41) is 12.0. The number of hydrogen-bond acceptors (Lipinski definition) is 3. The highest BCUT2D eigenvalue weighted by Gasteiger charge is 2.47. The first kappa shape index (κ1) is 13.0. The maximum Gasteiger partial charge on any atom is 0.319 e. The first-order valence-electron chi connectivity index (χ1n) is 5.46. The number of carbonyl (C=O) groups excluding carboxylic acids is 1. The fraction of sp³-hybridized carbons (Fsp3) is 0.818. The van der Waals surface area contributed by atoms with Gasteiger partial charge in [0.05, 0.1) is 6.61 Å². The summed E-state index contributed by atoms with van der Waals surface area (Å²) in [5.41, 5.74) is -1.42. The molecule has 2 N–H and O–H groups in total. The highest BCUT2D eigenvalue weighted by Crippen LogP contribution is 2.30. The third-order valence-corrected chi connectivity index (χ3v) is 3.23. The van der Waals surface area contributed by atoms with Gasteiger partial charge in [0.2, 0.25) is 5.91 Å². The zero-order valence-corrected chi connectivity index (χ0v) is 9.95. The molecule has 0 heterocycles. The van der Waals surface area contributed by atoms with Crippen molar-refractivity contribution in [2.75, 3.05) is 13.7 Å². The standard InChI is InChI=1S/C11H19NO4/c1-7(6-16-3)11(2,10(14)15)9(13)12-8-4-5-8/h7-8H,4-6H2,1-3H3,(H,12,13)(H,14,15). The van der Waals surface area contributed by atoms with Crippen molar-refractivity contribution >= 4 is 11.9 Å². The van der Waals surface area contributed by atoms with Crippen LogP contribution in [-0.4, -0.2) is 36.7 Å². The number of nitrogens with one attached hydrogen (secondary N) is 1. The third-order valence-electron chi connectivity index (χ3n) is 3.23. The Morgan fingerprint density at radius 2 is 2.12 bits per heavy atom. The summed E-state index contributed by atoms with van der Waals surface area (Å²) in [4.78, 5) is 23.2. The first-order valence-corrected chi connectivity index (χ1v) is 5.46.